The number of hydrogen-bond acceptors (Lipinski definition) is 3. The summed E-state index contributed by atoms with van der Waals surface area (Å²) >= 11 is 3.09. The molecule has 1 aromatic heterocycles. The van der Waals surface area contributed by atoms with Gasteiger partial charge in [0.15, 0.2) is 10.4 Å². The van der Waals surface area contributed by atoms with E-state index >= 15 is 0 Å². The van der Waals surface area contributed by atoms with E-state index in [0.29, 0.717) is 4.67 Å². The van der Waals surface area contributed by atoms with E-state index in [-0.39, 0.29) is 12.2 Å². The fourth-order valence-electron chi connectivity index (χ4n) is 1.72. The second-order valence-corrected chi connectivity index (χ2v) is 4.94. The van der Waals surface area contributed by atoms with Gasteiger partial charge in [0.25, 0.3) is 5.91 Å². The van der Waals surface area contributed by atoms with E-state index in [1.165, 1.54) is 6.07 Å². The third kappa shape index (κ3) is 3.71. The van der Waals surface area contributed by atoms with Crippen molar-refractivity contribution in [1.82, 2.24) is 5.32 Å². The highest BCUT2D eigenvalue weighted by molar-refractivity contribution is 9.10. The minimum Gasteiger partial charge on any atom is -0.480 e. The number of rotatable bonds is 5. The molecule has 0 radical (unpaired) electrons. The van der Waals surface area contributed by atoms with Gasteiger partial charge in [-0.1, -0.05) is 30.3 Å². The molecular formula is C14H12BrNO4. The summed E-state index contributed by atoms with van der Waals surface area (Å²) in [7, 11) is 0. The lowest BCUT2D eigenvalue weighted by atomic mass is 10.1. The van der Waals surface area contributed by atoms with Crippen LogP contribution < -0.4 is 5.32 Å². The largest absolute Gasteiger partial charge is 0.480 e. The Labute approximate surface area is 123 Å². The maximum atomic E-state index is 11.9. The van der Waals surface area contributed by atoms with Gasteiger partial charge in [-0.2, -0.15) is 0 Å². The first kappa shape index (κ1) is 14.3. The van der Waals surface area contributed by atoms with Crippen LogP contribution in [0.25, 0.3) is 0 Å². The fourth-order valence-corrected chi connectivity index (χ4v) is 2.02. The lowest BCUT2D eigenvalue weighted by molar-refractivity contribution is -0.139. The molecule has 0 aliphatic heterocycles. The zero-order valence-electron chi connectivity index (χ0n) is 10.4. The van der Waals surface area contributed by atoms with Gasteiger partial charge in [-0.25, -0.2) is 4.79 Å². The maximum Gasteiger partial charge on any atom is 0.326 e. The lowest BCUT2D eigenvalue weighted by Crippen LogP contribution is -2.42. The van der Waals surface area contributed by atoms with E-state index in [2.05, 4.69) is 21.2 Å². The molecule has 6 heteroatoms. The molecule has 0 saturated carbocycles. The smallest absolute Gasteiger partial charge is 0.326 e. The van der Waals surface area contributed by atoms with Gasteiger partial charge in [0, 0.05) is 6.42 Å². The van der Waals surface area contributed by atoms with Gasteiger partial charge < -0.3 is 14.8 Å². The number of carbonyl (C=O) groups is 2. The Bertz CT molecular complexity index is 609. The van der Waals surface area contributed by atoms with Crippen LogP contribution in [0.15, 0.2) is 51.6 Å². The Balaban J connectivity index is 2.06. The molecule has 5 nitrogen and oxygen atoms in total. The van der Waals surface area contributed by atoms with Gasteiger partial charge in [0.1, 0.15) is 6.04 Å². The Hall–Kier alpha value is -2.08. The summed E-state index contributed by atoms with van der Waals surface area (Å²) in [5.74, 6) is -1.58. The van der Waals surface area contributed by atoms with E-state index in [1.807, 2.05) is 30.3 Å². The lowest BCUT2D eigenvalue weighted by Gasteiger charge is -2.13. The predicted molar refractivity (Wildman–Crippen MR) is 75.4 cm³/mol. The van der Waals surface area contributed by atoms with E-state index in [9.17, 15) is 14.7 Å². The quantitative estimate of drug-likeness (QED) is 0.878. The van der Waals surface area contributed by atoms with Crippen molar-refractivity contribution < 1.29 is 19.1 Å². The maximum absolute atomic E-state index is 11.9. The van der Waals surface area contributed by atoms with Crippen molar-refractivity contribution in [2.45, 2.75) is 12.5 Å². The highest BCUT2D eigenvalue weighted by Crippen LogP contribution is 2.14. The van der Waals surface area contributed by atoms with Crippen LogP contribution in [0.4, 0.5) is 0 Å². The van der Waals surface area contributed by atoms with Gasteiger partial charge in [-0.15, -0.1) is 0 Å². The fraction of sp³-hybridized carbons (Fsp3) is 0.143. The topological polar surface area (TPSA) is 79.5 Å². The number of amides is 1. The van der Waals surface area contributed by atoms with Crippen molar-refractivity contribution in [1.29, 1.82) is 0 Å². The van der Waals surface area contributed by atoms with Crippen LogP contribution in [0.5, 0.6) is 0 Å². The van der Waals surface area contributed by atoms with E-state index < -0.39 is 17.9 Å². The molecule has 0 aliphatic rings. The number of carboxylic acid groups (broad SMARTS) is 1. The second-order valence-electron chi connectivity index (χ2n) is 4.16. The predicted octanol–water partition coefficient (Wildman–Crippen LogP) is 2.47. The van der Waals surface area contributed by atoms with Crippen LogP contribution >= 0.6 is 15.9 Å². The summed E-state index contributed by atoms with van der Waals surface area (Å²) in [4.78, 5) is 23.1. The van der Waals surface area contributed by atoms with E-state index in [1.54, 1.807) is 6.07 Å². The summed E-state index contributed by atoms with van der Waals surface area (Å²) in [6, 6.07) is 11.1. The molecule has 0 aliphatic carbocycles. The van der Waals surface area contributed by atoms with Crippen molar-refractivity contribution in [3.05, 3.63) is 58.5 Å². The summed E-state index contributed by atoms with van der Waals surface area (Å²) in [6.45, 7) is 0. The van der Waals surface area contributed by atoms with E-state index in [0.717, 1.165) is 5.56 Å². The number of aliphatic carboxylic acids is 1. The molecule has 1 aromatic carbocycles. The highest BCUT2D eigenvalue weighted by atomic mass is 79.9. The SMILES string of the molecule is O=C(NC(Cc1ccccc1)C(=O)O)c1ccc(Br)o1. The van der Waals surface area contributed by atoms with Crippen molar-refractivity contribution in [2.75, 3.05) is 0 Å². The average Bonchev–Trinajstić information content (AvgIpc) is 2.86. The Kier molecular flexibility index (Phi) is 4.57. The zero-order valence-corrected chi connectivity index (χ0v) is 12.0. The molecule has 0 bridgehead atoms. The molecule has 20 heavy (non-hydrogen) atoms. The minimum absolute atomic E-state index is 0.0659. The summed E-state index contributed by atoms with van der Waals surface area (Å²) in [5, 5.41) is 11.6. The molecule has 1 unspecified atom stereocenters. The van der Waals surface area contributed by atoms with Crippen LogP contribution in [0.2, 0.25) is 0 Å². The molecular weight excluding hydrogens is 326 g/mol. The Morgan fingerprint density at radius 1 is 1.20 bits per heavy atom. The summed E-state index contributed by atoms with van der Waals surface area (Å²) < 4.78 is 5.50. The van der Waals surface area contributed by atoms with Gasteiger partial charge in [-0.3, -0.25) is 4.79 Å². The first-order chi connectivity index (χ1) is 9.56. The zero-order chi connectivity index (χ0) is 14.5. The normalized spacial score (nSPS) is 11.8. The molecule has 0 spiro atoms. The van der Waals surface area contributed by atoms with Crippen molar-refractivity contribution >= 4 is 27.8 Å². The number of benzene rings is 1. The molecule has 104 valence electrons. The highest BCUT2D eigenvalue weighted by Gasteiger charge is 2.22. The van der Waals surface area contributed by atoms with Crippen molar-refractivity contribution in [3.63, 3.8) is 0 Å². The van der Waals surface area contributed by atoms with Crippen LogP contribution in [0.1, 0.15) is 16.1 Å². The van der Waals surface area contributed by atoms with Crippen molar-refractivity contribution in [2.24, 2.45) is 0 Å². The third-order valence-electron chi connectivity index (χ3n) is 2.68. The van der Waals surface area contributed by atoms with Gasteiger partial charge in [-0.05, 0) is 33.6 Å². The summed E-state index contributed by atoms with van der Waals surface area (Å²) in [6.07, 6.45) is 0.212. The van der Waals surface area contributed by atoms with Crippen LogP contribution in [0, 0.1) is 0 Å². The molecule has 2 aromatic rings. The Morgan fingerprint density at radius 2 is 1.90 bits per heavy atom. The minimum atomic E-state index is -1.09. The number of nitrogens with one attached hydrogen (secondary N) is 1. The van der Waals surface area contributed by atoms with E-state index in [4.69, 9.17) is 4.42 Å². The molecule has 2 rings (SSSR count). The van der Waals surface area contributed by atoms with Gasteiger partial charge in [0.05, 0.1) is 0 Å². The molecule has 1 heterocycles. The standard InChI is InChI=1S/C14H12BrNO4/c15-12-7-6-11(20-12)13(17)16-10(14(18)19)8-9-4-2-1-3-5-9/h1-7,10H,8H2,(H,16,17)(H,18,19). The molecule has 1 amide bonds. The third-order valence-corrected chi connectivity index (χ3v) is 3.11. The number of hydrogen-bond donors (Lipinski definition) is 2. The van der Waals surface area contributed by atoms with Gasteiger partial charge >= 0.3 is 5.97 Å². The average molecular weight is 338 g/mol. The van der Waals surface area contributed by atoms with Gasteiger partial charge in [0.2, 0.25) is 0 Å². The number of halogens is 1. The number of carboxylic acids is 1. The number of carbonyl (C=O) groups excluding carboxylic acids is 1. The first-order valence-corrected chi connectivity index (χ1v) is 6.68. The second kappa shape index (κ2) is 6.38. The van der Waals surface area contributed by atoms with Crippen molar-refractivity contribution in [3.8, 4) is 0 Å². The first-order valence-electron chi connectivity index (χ1n) is 5.89. The van der Waals surface area contributed by atoms with Crippen LogP contribution in [-0.2, 0) is 11.2 Å². The monoisotopic (exact) mass is 337 g/mol. The molecule has 0 fully saturated rings. The van der Waals surface area contributed by atoms with Crippen LogP contribution in [-0.4, -0.2) is 23.0 Å². The molecule has 0 saturated heterocycles. The summed E-state index contributed by atoms with van der Waals surface area (Å²) in [5.41, 5.74) is 0.834. The molecule has 1 atom stereocenters. The number of furan rings is 1. The Morgan fingerprint density at radius 3 is 2.45 bits per heavy atom. The molecule has 2 N–H and O–H groups in total. The van der Waals surface area contributed by atoms with Crippen LogP contribution in [0.3, 0.4) is 0 Å².